The SMILES string of the molecule is CNC(=O)[C@@H](Cc1ccccc1)N(Cc1cccc(OC)c1)C(=O)COc1ccc(OC)cc1. The Hall–Kier alpha value is -4.00. The molecule has 1 N–H and O–H groups in total. The van der Waals surface area contributed by atoms with Crippen molar-refractivity contribution in [3.8, 4) is 17.2 Å². The summed E-state index contributed by atoms with van der Waals surface area (Å²) in [5.74, 6) is 1.36. The van der Waals surface area contributed by atoms with Crippen LogP contribution in [0.5, 0.6) is 17.2 Å². The summed E-state index contributed by atoms with van der Waals surface area (Å²) in [6.45, 7) is 0.0194. The van der Waals surface area contributed by atoms with Crippen LogP contribution in [0.2, 0.25) is 0 Å². The Morgan fingerprint density at radius 2 is 1.47 bits per heavy atom. The molecule has 0 saturated carbocycles. The van der Waals surface area contributed by atoms with Crippen LogP contribution in [0.1, 0.15) is 11.1 Å². The second-order valence-corrected chi connectivity index (χ2v) is 7.66. The lowest BCUT2D eigenvalue weighted by Crippen LogP contribution is -2.51. The zero-order chi connectivity index (χ0) is 24.3. The van der Waals surface area contributed by atoms with Gasteiger partial charge in [0, 0.05) is 20.0 Å². The average Bonchev–Trinajstić information content (AvgIpc) is 2.89. The lowest BCUT2D eigenvalue weighted by Gasteiger charge is -2.31. The second-order valence-electron chi connectivity index (χ2n) is 7.66. The first-order valence-corrected chi connectivity index (χ1v) is 11.0. The van der Waals surface area contributed by atoms with Crippen molar-refractivity contribution >= 4 is 11.8 Å². The Morgan fingerprint density at radius 3 is 2.12 bits per heavy atom. The van der Waals surface area contributed by atoms with Crippen LogP contribution in [-0.4, -0.2) is 50.6 Å². The molecule has 0 unspecified atom stereocenters. The molecule has 0 bridgehead atoms. The number of carbonyl (C=O) groups excluding carboxylic acids is 2. The number of nitrogens with one attached hydrogen (secondary N) is 1. The van der Waals surface area contributed by atoms with Crippen molar-refractivity contribution in [1.82, 2.24) is 10.2 Å². The van der Waals surface area contributed by atoms with Crippen molar-refractivity contribution in [2.75, 3.05) is 27.9 Å². The van der Waals surface area contributed by atoms with Gasteiger partial charge in [0.2, 0.25) is 5.91 Å². The van der Waals surface area contributed by atoms with E-state index in [1.54, 1.807) is 50.4 Å². The fourth-order valence-electron chi connectivity index (χ4n) is 3.59. The quantitative estimate of drug-likeness (QED) is 0.472. The molecule has 0 aliphatic rings. The Balaban J connectivity index is 1.86. The molecule has 0 radical (unpaired) electrons. The van der Waals surface area contributed by atoms with Crippen LogP contribution in [0.3, 0.4) is 0 Å². The summed E-state index contributed by atoms with van der Waals surface area (Å²) in [5, 5.41) is 2.70. The van der Waals surface area contributed by atoms with E-state index in [4.69, 9.17) is 14.2 Å². The summed E-state index contributed by atoms with van der Waals surface area (Å²) in [6, 6.07) is 23.4. The number of carbonyl (C=O) groups is 2. The van der Waals surface area contributed by atoms with Gasteiger partial charge in [-0.2, -0.15) is 0 Å². The number of likely N-dealkylation sites (N-methyl/N-ethyl adjacent to an activating group) is 1. The fourth-order valence-corrected chi connectivity index (χ4v) is 3.59. The van der Waals surface area contributed by atoms with Gasteiger partial charge in [-0.3, -0.25) is 9.59 Å². The Morgan fingerprint density at radius 1 is 0.824 bits per heavy atom. The highest BCUT2D eigenvalue weighted by molar-refractivity contribution is 5.88. The molecule has 0 aromatic heterocycles. The lowest BCUT2D eigenvalue weighted by molar-refractivity contribution is -0.142. The van der Waals surface area contributed by atoms with Gasteiger partial charge in [-0.15, -0.1) is 0 Å². The molecule has 0 aliphatic heterocycles. The predicted molar refractivity (Wildman–Crippen MR) is 130 cm³/mol. The molecule has 3 aromatic carbocycles. The topological polar surface area (TPSA) is 77.1 Å². The highest BCUT2D eigenvalue weighted by Gasteiger charge is 2.30. The van der Waals surface area contributed by atoms with Gasteiger partial charge in [0.25, 0.3) is 5.91 Å². The minimum absolute atomic E-state index is 0.210. The van der Waals surface area contributed by atoms with E-state index in [1.807, 2.05) is 54.6 Å². The van der Waals surface area contributed by atoms with E-state index in [-0.39, 0.29) is 25.0 Å². The molecule has 0 aliphatic carbocycles. The number of amides is 2. The van der Waals surface area contributed by atoms with E-state index >= 15 is 0 Å². The molecule has 0 fully saturated rings. The van der Waals surface area contributed by atoms with Gasteiger partial charge < -0.3 is 24.4 Å². The van der Waals surface area contributed by atoms with Gasteiger partial charge in [0.1, 0.15) is 23.3 Å². The summed E-state index contributed by atoms with van der Waals surface area (Å²) in [7, 11) is 4.75. The van der Waals surface area contributed by atoms with E-state index in [0.29, 0.717) is 23.7 Å². The van der Waals surface area contributed by atoms with Crippen LogP contribution in [0.4, 0.5) is 0 Å². The first-order valence-electron chi connectivity index (χ1n) is 11.0. The summed E-state index contributed by atoms with van der Waals surface area (Å²) >= 11 is 0. The Bertz CT molecular complexity index is 1070. The van der Waals surface area contributed by atoms with Gasteiger partial charge in [-0.05, 0) is 47.5 Å². The predicted octanol–water partition coefficient (Wildman–Crippen LogP) is 3.47. The zero-order valence-corrected chi connectivity index (χ0v) is 19.7. The van der Waals surface area contributed by atoms with Crippen molar-refractivity contribution in [1.29, 1.82) is 0 Å². The number of hydrogen-bond acceptors (Lipinski definition) is 5. The monoisotopic (exact) mass is 462 g/mol. The third-order valence-electron chi connectivity index (χ3n) is 5.43. The minimum atomic E-state index is -0.717. The molecular weight excluding hydrogens is 432 g/mol. The standard InChI is InChI=1S/C27H30N2O5/c1-28-27(31)25(17-20-8-5-4-6-9-20)29(18-21-10-7-11-24(16-21)33-3)26(30)19-34-23-14-12-22(32-2)13-15-23/h4-16,25H,17-19H2,1-3H3,(H,28,31)/t25-/m1/s1. The van der Waals surface area contributed by atoms with E-state index in [9.17, 15) is 9.59 Å². The van der Waals surface area contributed by atoms with E-state index < -0.39 is 6.04 Å². The molecule has 0 saturated heterocycles. The maximum atomic E-state index is 13.4. The van der Waals surface area contributed by atoms with Crippen molar-refractivity contribution < 1.29 is 23.8 Å². The maximum Gasteiger partial charge on any atom is 0.261 e. The first kappa shape index (κ1) is 24.6. The molecule has 7 heteroatoms. The largest absolute Gasteiger partial charge is 0.497 e. The highest BCUT2D eigenvalue weighted by atomic mass is 16.5. The van der Waals surface area contributed by atoms with Crippen LogP contribution < -0.4 is 19.5 Å². The van der Waals surface area contributed by atoms with Crippen molar-refractivity contribution in [3.05, 3.63) is 90.0 Å². The van der Waals surface area contributed by atoms with Gasteiger partial charge in [-0.1, -0.05) is 42.5 Å². The average molecular weight is 463 g/mol. The number of ether oxygens (including phenoxy) is 3. The molecular formula is C27H30N2O5. The maximum absolute atomic E-state index is 13.4. The summed E-state index contributed by atoms with van der Waals surface area (Å²) in [4.78, 5) is 27.9. The first-order chi connectivity index (χ1) is 16.5. The van der Waals surface area contributed by atoms with Gasteiger partial charge in [0.15, 0.2) is 6.61 Å². The Labute approximate surface area is 200 Å². The van der Waals surface area contributed by atoms with E-state index in [2.05, 4.69) is 5.32 Å². The summed E-state index contributed by atoms with van der Waals surface area (Å²) in [5.41, 5.74) is 1.80. The van der Waals surface area contributed by atoms with Crippen LogP contribution >= 0.6 is 0 Å². The summed E-state index contributed by atoms with van der Waals surface area (Å²) in [6.07, 6.45) is 0.374. The molecule has 3 rings (SSSR count). The molecule has 0 heterocycles. The minimum Gasteiger partial charge on any atom is -0.497 e. The summed E-state index contributed by atoms with van der Waals surface area (Å²) < 4.78 is 16.2. The molecule has 34 heavy (non-hydrogen) atoms. The third-order valence-corrected chi connectivity index (χ3v) is 5.43. The lowest BCUT2D eigenvalue weighted by atomic mass is 10.0. The smallest absolute Gasteiger partial charge is 0.261 e. The van der Waals surface area contributed by atoms with Crippen molar-refractivity contribution in [3.63, 3.8) is 0 Å². The zero-order valence-electron chi connectivity index (χ0n) is 19.7. The normalized spacial score (nSPS) is 11.3. The number of nitrogens with zero attached hydrogens (tertiary/aromatic N) is 1. The number of rotatable bonds is 11. The van der Waals surface area contributed by atoms with Crippen molar-refractivity contribution in [2.24, 2.45) is 0 Å². The molecule has 7 nitrogen and oxygen atoms in total. The van der Waals surface area contributed by atoms with E-state index in [0.717, 1.165) is 11.1 Å². The van der Waals surface area contributed by atoms with Gasteiger partial charge in [0.05, 0.1) is 14.2 Å². The molecule has 178 valence electrons. The van der Waals surface area contributed by atoms with E-state index in [1.165, 1.54) is 0 Å². The van der Waals surface area contributed by atoms with Gasteiger partial charge in [-0.25, -0.2) is 0 Å². The molecule has 1 atom stereocenters. The molecule has 0 spiro atoms. The third kappa shape index (κ3) is 6.75. The second kappa shape index (κ2) is 12.3. The molecule has 2 amide bonds. The Kier molecular flexibility index (Phi) is 8.91. The van der Waals surface area contributed by atoms with Crippen LogP contribution in [0.25, 0.3) is 0 Å². The number of methoxy groups -OCH3 is 2. The highest BCUT2D eigenvalue weighted by Crippen LogP contribution is 2.20. The number of benzene rings is 3. The van der Waals surface area contributed by atoms with Crippen LogP contribution in [0, 0.1) is 0 Å². The molecule has 3 aromatic rings. The van der Waals surface area contributed by atoms with Crippen LogP contribution in [-0.2, 0) is 22.6 Å². The number of hydrogen-bond donors (Lipinski definition) is 1. The van der Waals surface area contributed by atoms with Gasteiger partial charge >= 0.3 is 0 Å². The van der Waals surface area contributed by atoms with Crippen molar-refractivity contribution in [2.45, 2.75) is 19.0 Å². The van der Waals surface area contributed by atoms with Crippen LogP contribution in [0.15, 0.2) is 78.9 Å². The fraction of sp³-hybridized carbons (Fsp3) is 0.259.